The number of benzene rings is 1. The number of halogens is 1. The maximum absolute atomic E-state index is 12.1. The summed E-state index contributed by atoms with van der Waals surface area (Å²) in [5.74, 6) is 1.78. The van der Waals surface area contributed by atoms with Crippen molar-refractivity contribution in [1.82, 2.24) is 10.2 Å². The van der Waals surface area contributed by atoms with E-state index in [0.717, 1.165) is 47.8 Å². The first kappa shape index (κ1) is 19.3. The van der Waals surface area contributed by atoms with Crippen LogP contribution in [0.5, 0.6) is 5.75 Å². The SMILES string of the molecule is COc1ccc(CCC(=O)NCC(C)N2CCC(C)CC2)cc1Br. The van der Waals surface area contributed by atoms with Crippen LogP contribution in [0.3, 0.4) is 0 Å². The molecule has 0 spiro atoms. The molecule has 1 saturated heterocycles. The summed E-state index contributed by atoms with van der Waals surface area (Å²) in [6, 6.07) is 6.37. The summed E-state index contributed by atoms with van der Waals surface area (Å²) in [6.07, 6.45) is 3.79. The highest BCUT2D eigenvalue weighted by Gasteiger charge is 2.20. The molecule has 5 heteroatoms. The van der Waals surface area contributed by atoms with Crippen LogP contribution in [0, 0.1) is 5.92 Å². The zero-order valence-corrected chi connectivity index (χ0v) is 16.6. The summed E-state index contributed by atoms with van der Waals surface area (Å²) in [5.41, 5.74) is 1.14. The van der Waals surface area contributed by atoms with Crippen LogP contribution in [-0.2, 0) is 11.2 Å². The maximum atomic E-state index is 12.1. The van der Waals surface area contributed by atoms with Crippen molar-refractivity contribution in [2.24, 2.45) is 5.92 Å². The highest BCUT2D eigenvalue weighted by atomic mass is 79.9. The molecule has 1 atom stereocenters. The van der Waals surface area contributed by atoms with Crippen LogP contribution in [0.4, 0.5) is 0 Å². The Morgan fingerprint density at radius 3 is 2.75 bits per heavy atom. The lowest BCUT2D eigenvalue weighted by atomic mass is 9.98. The second kappa shape index (κ2) is 9.42. The van der Waals surface area contributed by atoms with Gasteiger partial charge in [-0.15, -0.1) is 0 Å². The Morgan fingerprint density at radius 2 is 2.12 bits per heavy atom. The molecule has 0 aromatic heterocycles. The maximum Gasteiger partial charge on any atom is 0.220 e. The summed E-state index contributed by atoms with van der Waals surface area (Å²) in [7, 11) is 1.65. The normalized spacial score (nSPS) is 17.5. The van der Waals surface area contributed by atoms with Gasteiger partial charge in [-0.3, -0.25) is 9.69 Å². The van der Waals surface area contributed by atoms with Crippen molar-refractivity contribution >= 4 is 21.8 Å². The highest BCUT2D eigenvalue weighted by molar-refractivity contribution is 9.10. The zero-order chi connectivity index (χ0) is 17.5. The number of rotatable bonds is 7. The molecule has 1 N–H and O–H groups in total. The van der Waals surface area contributed by atoms with Crippen LogP contribution in [0.25, 0.3) is 0 Å². The summed E-state index contributed by atoms with van der Waals surface area (Å²) >= 11 is 3.48. The largest absolute Gasteiger partial charge is 0.496 e. The van der Waals surface area contributed by atoms with E-state index >= 15 is 0 Å². The van der Waals surface area contributed by atoms with Crippen molar-refractivity contribution in [2.45, 2.75) is 45.6 Å². The van der Waals surface area contributed by atoms with E-state index in [1.54, 1.807) is 7.11 Å². The molecule has 1 aromatic rings. The number of nitrogens with zero attached hydrogens (tertiary/aromatic N) is 1. The van der Waals surface area contributed by atoms with E-state index in [0.29, 0.717) is 12.5 Å². The van der Waals surface area contributed by atoms with Crippen LogP contribution in [0.2, 0.25) is 0 Å². The summed E-state index contributed by atoms with van der Waals surface area (Å²) in [6.45, 7) is 7.56. The molecule has 134 valence electrons. The number of aryl methyl sites for hydroxylation is 1. The summed E-state index contributed by atoms with van der Waals surface area (Å²) in [5, 5.41) is 3.08. The Morgan fingerprint density at radius 1 is 1.42 bits per heavy atom. The van der Waals surface area contributed by atoms with E-state index in [1.807, 2.05) is 18.2 Å². The van der Waals surface area contributed by atoms with Crippen LogP contribution < -0.4 is 10.1 Å². The zero-order valence-electron chi connectivity index (χ0n) is 15.0. The molecule has 4 nitrogen and oxygen atoms in total. The Balaban J connectivity index is 1.70. The number of carbonyl (C=O) groups excluding carboxylic acids is 1. The van der Waals surface area contributed by atoms with E-state index in [9.17, 15) is 4.79 Å². The predicted octanol–water partition coefficient (Wildman–Crippen LogP) is 3.63. The van der Waals surface area contributed by atoms with Crippen molar-refractivity contribution in [3.8, 4) is 5.75 Å². The molecule has 2 rings (SSSR count). The molecule has 1 heterocycles. The second-order valence-corrected chi connectivity index (χ2v) is 7.69. The van der Waals surface area contributed by atoms with Gasteiger partial charge in [-0.05, 0) is 78.8 Å². The highest BCUT2D eigenvalue weighted by Crippen LogP contribution is 2.26. The molecule has 1 aliphatic rings. The number of ether oxygens (including phenoxy) is 1. The van der Waals surface area contributed by atoms with Gasteiger partial charge in [0, 0.05) is 19.0 Å². The number of hydrogen-bond acceptors (Lipinski definition) is 3. The standard InChI is InChI=1S/C19H29BrN2O2/c1-14-8-10-22(11-9-14)15(2)13-21-19(23)7-5-16-4-6-18(24-3)17(20)12-16/h4,6,12,14-15H,5,7-11,13H2,1-3H3,(H,21,23). The topological polar surface area (TPSA) is 41.6 Å². The Labute approximate surface area is 154 Å². The summed E-state index contributed by atoms with van der Waals surface area (Å²) < 4.78 is 6.15. The van der Waals surface area contributed by atoms with Gasteiger partial charge in [-0.2, -0.15) is 0 Å². The number of nitrogens with one attached hydrogen (secondary N) is 1. The molecule has 0 saturated carbocycles. The minimum absolute atomic E-state index is 0.124. The number of piperidine rings is 1. The average molecular weight is 397 g/mol. The third-order valence-electron chi connectivity index (χ3n) is 4.89. The molecule has 1 aliphatic heterocycles. The molecule has 1 unspecified atom stereocenters. The third-order valence-corrected chi connectivity index (χ3v) is 5.51. The minimum Gasteiger partial charge on any atom is -0.496 e. The second-order valence-electron chi connectivity index (χ2n) is 6.84. The number of methoxy groups -OCH3 is 1. The number of amides is 1. The lowest BCUT2D eigenvalue weighted by Crippen LogP contribution is -2.45. The molecular formula is C19H29BrN2O2. The van der Waals surface area contributed by atoms with Crippen LogP contribution >= 0.6 is 15.9 Å². The Hall–Kier alpha value is -1.07. The molecule has 1 fully saturated rings. The fourth-order valence-electron chi connectivity index (χ4n) is 3.07. The van der Waals surface area contributed by atoms with E-state index in [4.69, 9.17) is 4.74 Å². The molecule has 0 radical (unpaired) electrons. The molecular weight excluding hydrogens is 368 g/mol. The smallest absolute Gasteiger partial charge is 0.220 e. The van der Waals surface area contributed by atoms with Gasteiger partial charge >= 0.3 is 0 Å². The molecule has 1 amide bonds. The van der Waals surface area contributed by atoms with Gasteiger partial charge in [0.05, 0.1) is 11.6 Å². The van der Waals surface area contributed by atoms with Crippen LogP contribution in [0.15, 0.2) is 22.7 Å². The van der Waals surface area contributed by atoms with Gasteiger partial charge in [-0.1, -0.05) is 13.0 Å². The van der Waals surface area contributed by atoms with Gasteiger partial charge in [0.25, 0.3) is 0 Å². The van der Waals surface area contributed by atoms with Gasteiger partial charge in [0.2, 0.25) is 5.91 Å². The van der Waals surface area contributed by atoms with Gasteiger partial charge < -0.3 is 10.1 Å². The van der Waals surface area contributed by atoms with E-state index in [1.165, 1.54) is 12.8 Å². The molecule has 1 aromatic carbocycles. The van der Waals surface area contributed by atoms with E-state index in [-0.39, 0.29) is 5.91 Å². The molecule has 0 aliphatic carbocycles. The van der Waals surface area contributed by atoms with Gasteiger partial charge in [-0.25, -0.2) is 0 Å². The lowest BCUT2D eigenvalue weighted by Gasteiger charge is -2.35. The average Bonchev–Trinajstić information content (AvgIpc) is 2.58. The van der Waals surface area contributed by atoms with Crippen LogP contribution in [-0.4, -0.2) is 43.6 Å². The van der Waals surface area contributed by atoms with Crippen molar-refractivity contribution in [3.63, 3.8) is 0 Å². The number of likely N-dealkylation sites (tertiary alicyclic amines) is 1. The third kappa shape index (κ3) is 5.78. The first-order valence-corrected chi connectivity index (χ1v) is 9.62. The number of hydrogen-bond donors (Lipinski definition) is 1. The van der Waals surface area contributed by atoms with E-state index < -0.39 is 0 Å². The Bertz CT molecular complexity index is 542. The molecule has 24 heavy (non-hydrogen) atoms. The van der Waals surface area contributed by atoms with Crippen molar-refractivity contribution < 1.29 is 9.53 Å². The van der Waals surface area contributed by atoms with Crippen molar-refractivity contribution in [1.29, 1.82) is 0 Å². The lowest BCUT2D eigenvalue weighted by molar-refractivity contribution is -0.121. The predicted molar refractivity (Wildman–Crippen MR) is 101 cm³/mol. The van der Waals surface area contributed by atoms with Crippen molar-refractivity contribution in [2.75, 3.05) is 26.7 Å². The van der Waals surface area contributed by atoms with Gasteiger partial charge in [0.1, 0.15) is 5.75 Å². The van der Waals surface area contributed by atoms with E-state index in [2.05, 4.69) is 40.0 Å². The molecule has 0 bridgehead atoms. The van der Waals surface area contributed by atoms with Gasteiger partial charge in [0.15, 0.2) is 0 Å². The minimum atomic E-state index is 0.124. The Kier molecular flexibility index (Phi) is 7.56. The quantitative estimate of drug-likeness (QED) is 0.764. The first-order chi connectivity index (χ1) is 11.5. The summed E-state index contributed by atoms with van der Waals surface area (Å²) in [4.78, 5) is 14.6. The monoisotopic (exact) mass is 396 g/mol. The first-order valence-electron chi connectivity index (χ1n) is 8.82. The number of carbonyl (C=O) groups is 1. The fraction of sp³-hybridized carbons (Fsp3) is 0.632. The van der Waals surface area contributed by atoms with Crippen LogP contribution in [0.1, 0.15) is 38.7 Å². The fourth-order valence-corrected chi connectivity index (χ4v) is 3.66. The van der Waals surface area contributed by atoms with Crippen molar-refractivity contribution in [3.05, 3.63) is 28.2 Å².